The highest BCUT2D eigenvalue weighted by atomic mass is 16.2. The molecule has 0 saturated carbocycles. The first-order chi connectivity index (χ1) is 13.5. The third-order valence-electron chi connectivity index (χ3n) is 4.81. The molecule has 2 N–H and O–H groups in total. The van der Waals surface area contributed by atoms with Crippen LogP contribution < -0.4 is 10.6 Å². The van der Waals surface area contributed by atoms with Crippen LogP contribution >= 0.6 is 0 Å². The maximum Gasteiger partial charge on any atom is 0.243 e. The Hall–Kier alpha value is -1.65. The van der Waals surface area contributed by atoms with Gasteiger partial charge in [-0.15, -0.1) is 0 Å². The second-order valence-corrected chi connectivity index (χ2v) is 8.41. The van der Waals surface area contributed by atoms with Crippen molar-refractivity contribution in [3.8, 4) is 0 Å². The van der Waals surface area contributed by atoms with Crippen LogP contribution in [0, 0.1) is 17.8 Å². The van der Waals surface area contributed by atoms with Crippen molar-refractivity contribution in [1.29, 1.82) is 0 Å². The fourth-order valence-corrected chi connectivity index (χ4v) is 2.84. The van der Waals surface area contributed by atoms with E-state index >= 15 is 0 Å². The lowest BCUT2D eigenvalue weighted by Crippen LogP contribution is -2.54. The third-order valence-corrected chi connectivity index (χ3v) is 4.81. The molecule has 0 aliphatic heterocycles. The van der Waals surface area contributed by atoms with Crippen LogP contribution in [-0.4, -0.2) is 29.7 Å². The molecule has 5 heteroatoms. The van der Waals surface area contributed by atoms with Crippen molar-refractivity contribution >= 4 is 17.6 Å². The third kappa shape index (κ3) is 12.5. The van der Waals surface area contributed by atoms with E-state index in [1.165, 1.54) is 0 Å². The highest BCUT2D eigenvalue weighted by Gasteiger charge is 2.31. The molecule has 0 aromatic heterocycles. The summed E-state index contributed by atoms with van der Waals surface area (Å²) in [5.74, 6) is -0.538. The minimum absolute atomic E-state index is 0. The average Bonchev–Trinajstić information content (AvgIpc) is 2.65. The summed E-state index contributed by atoms with van der Waals surface area (Å²) in [6.45, 7) is 21.4. The van der Waals surface area contributed by atoms with E-state index in [9.17, 15) is 14.4 Å². The summed E-state index contributed by atoms with van der Waals surface area (Å²) in [6, 6.07) is -1.20. The van der Waals surface area contributed by atoms with Gasteiger partial charge in [-0.25, -0.2) is 0 Å². The first-order valence-corrected chi connectivity index (χ1v) is 11.3. The fraction of sp³-hybridized carbons (Fsp3) is 0.792. The molecular formula is C24H50N2O3. The Balaban J connectivity index is -0.000000882. The Morgan fingerprint density at radius 3 is 1.93 bits per heavy atom. The topological polar surface area (TPSA) is 75.3 Å². The highest BCUT2D eigenvalue weighted by Crippen LogP contribution is 2.16. The van der Waals surface area contributed by atoms with Crippen LogP contribution in [0.15, 0.2) is 12.2 Å². The molecule has 0 aliphatic rings. The number of hydrogen-bond acceptors (Lipinski definition) is 3. The molecular weight excluding hydrogens is 364 g/mol. The molecule has 0 rings (SSSR count). The van der Waals surface area contributed by atoms with Gasteiger partial charge in [-0.2, -0.15) is 0 Å². The fourth-order valence-electron chi connectivity index (χ4n) is 2.84. The summed E-state index contributed by atoms with van der Waals surface area (Å²) >= 11 is 0. The van der Waals surface area contributed by atoms with Gasteiger partial charge in [-0.05, 0) is 31.6 Å². The number of carbonyl (C=O) groups is 3. The Morgan fingerprint density at radius 2 is 1.52 bits per heavy atom. The minimum Gasteiger partial charge on any atom is -0.344 e. The molecule has 5 nitrogen and oxygen atoms in total. The van der Waals surface area contributed by atoms with Crippen molar-refractivity contribution < 1.29 is 17.2 Å². The van der Waals surface area contributed by atoms with Crippen molar-refractivity contribution in [3.05, 3.63) is 12.2 Å². The monoisotopic (exact) mass is 414 g/mol. The van der Waals surface area contributed by atoms with Crippen LogP contribution in [0.25, 0.3) is 0 Å². The second kappa shape index (κ2) is 16.2. The van der Waals surface area contributed by atoms with Crippen LogP contribution in [-0.2, 0) is 14.4 Å². The Labute approximate surface area is 182 Å². The van der Waals surface area contributed by atoms with E-state index in [0.717, 1.165) is 24.8 Å². The van der Waals surface area contributed by atoms with Gasteiger partial charge in [0.05, 0.1) is 6.04 Å². The van der Waals surface area contributed by atoms with Gasteiger partial charge in [0.15, 0.2) is 5.78 Å². The number of Topliss-reactive ketones (excluding diaryl/α,β-unsaturated/α-hetero) is 1. The number of rotatable bonds is 13. The first kappa shape index (κ1) is 29.6. The van der Waals surface area contributed by atoms with Crippen LogP contribution in [0.4, 0.5) is 0 Å². The maximum absolute atomic E-state index is 12.8. The predicted octanol–water partition coefficient (Wildman–Crippen LogP) is 5.54. The Kier molecular flexibility index (Phi) is 16.5. The van der Waals surface area contributed by atoms with Crippen molar-refractivity contribution in [2.45, 2.75) is 107 Å². The maximum atomic E-state index is 12.8. The standard InChI is InChI=1S/C22H40N2O3.C2H6.2H2/c1-9-10-11-12-19(25)24-20(16(6)7)22(27)23-18(13-14(2)3)21(26)17(8)15(4)5;1-2;;/h14,16-18,20H,4,9-13H2,1-3,5-8H3,(H,23,27)(H,24,25);1-2H3;2*1H/t17?,18-,20+;;;/m0.../s1. The summed E-state index contributed by atoms with van der Waals surface area (Å²) in [4.78, 5) is 37.8. The van der Waals surface area contributed by atoms with Crippen molar-refractivity contribution in [1.82, 2.24) is 10.6 Å². The van der Waals surface area contributed by atoms with Gasteiger partial charge in [0.2, 0.25) is 11.8 Å². The van der Waals surface area contributed by atoms with E-state index in [1.54, 1.807) is 0 Å². The first-order valence-electron chi connectivity index (χ1n) is 11.3. The van der Waals surface area contributed by atoms with E-state index in [-0.39, 0.29) is 38.2 Å². The number of carbonyl (C=O) groups excluding carboxylic acids is 3. The van der Waals surface area contributed by atoms with E-state index in [1.807, 2.05) is 55.4 Å². The second-order valence-electron chi connectivity index (χ2n) is 8.41. The Morgan fingerprint density at radius 1 is 0.966 bits per heavy atom. The van der Waals surface area contributed by atoms with Crippen LogP contribution in [0.1, 0.15) is 97.3 Å². The van der Waals surface area contributed by atoms with Gasteiger partial charge in [-0.3, -0.25) is 14.4 Å². The molecule has 174 valence electrons. The van der Waals surface area contributed by atoms with E-state index in [0.29, 0.717) is 12.8 Å². The summed E-state index contributed by atoms with van der Waals surface area (Å²) in [7, 11) is 0. The largest absolute Gasteiger partial charge is 0.344 e. The smallest absolute Gasteiger partial charge is 0.243 e. The average molecular weight is 415 g/mol. The summed E-state index contributed by atoms with van der Waals surface area (Å²) < 4.78 is 0. The van der Waals surface area contributed by atoms with Gasteiger partial charge in [-0.1, -0.05) is 80.4 Å². The molecule has 0 fully saturated rings. The molecule has 0 aliphatic carbocycles. The van der Waals surface area contributed by atoms with Crippen molar-refractivity contribution in [2.75, 3.05) is 0 Å². The number of hydrogen-bond donors (Lipinski definition) is 2. The van der Waals surface area contributed by atoms with Gasteiger partial charge in [0.1, 0.15) is 6.04 Å². The highest BCUT2D eigenvalue weighted by molar-refractivity contribution is 5.94. The van der Waals surface area contributed by atoms with Crippen molar-refractivity contribution in [3.63, 3.8) is 0 Å². The molecule has 29 heavy (non-hydrogen) atoms. The number of nitrogens with one attached hydrogen (secondary N) is 2. The SMILES string of the molecule is C=C(C)C(C)C(=O)[C@H](CC(C)C)NC(=O)[C@H](NC(=O)CCCCC)C(C)C.CC.[HH].[HH]. The van der Waals surface area contributed by atoms with E-state index < -0.39 is 12.1 Å². The van der Waals surface area contributed by atoms with Crippen LogP contribution in [0.5, 0.6) is 0 Å². The van der Waals surface area contributed by atoms with Crippen LogP contribution in [0.3, 0.4) is 0 Å². The molecule has 3 atom stereocenters. The molecule has 0 spiro atoms. The number of amides is 2. The molecule has 0 bridgehead atoms. The van der Waals surface area contributed by atoms with Gasteiger partial charge in [0.25, 0.3) is 0 Å². The van der Waals surface area contributed by atoms with Gasteiger partial charge >= 0.3 is 0 Å². The van der Waals surface area contributed by atoms with Gasteiger partial charge in [0, 0.05) is 15.2 Å². The van der Waals surface area contributed by atoms with E-state index in [2.05, 4.69) is 24.1 Å². The lowest BCUT2D eigenvalue weighted by atomic mass is 9.89. The minimum atomic E-state index is -0.637. The van der Waals surface area contributed by atoms with Crippen molar-refractivity contribution in [2.24, 2.45) is 17.8 Å². The zero-order valence-corrected chi connectivity index (χ0v) is 20.4. The Bertz CT molecular complexity index is 523. The lowest BCUT2D eigenvalue weighted by molar-refractivity contribution is -0.133. The quantitative estimate of drug-likeness (QED) is 0.307. The molecule has 0 aromatic carbocycles. The van der Waals surface area contributed by atoms with E-state index in [4.69, 9.17) is 0 Å². The summed E-state index contributed by atoms with van der Waals surface area (Å²) in [5, 5.41) is 5.74. The molecule has 1 unspecified atom stereocenters. The molecule has 0 radical (unpaired) electrons. The summed E-state index contributed by atoms with van der Waals surface area (Å²) in [6.07, 6.45) is 3.85. The number of ketones is 1. The molecule has 0 heterocycles. The van der Waals surface area contributed by atoms with Gasteiger partial charge < -0.3 is 10.6 Å². The summed E-state index contributed by atoms with van der Waals surface area (Å²) in [5.41, 5.74) is 0.785. The molecule has 0 saturated heterocycles. The molecule has 0 aromatic rings. The zero-order chi connectivity index (χ0) is 23.1. The zero-order valence-electron chi connectivity index (χ0n) is 20.4. The van der Waals surface area contributed by atoms with Crippen LogP contribution in [0.2, 0.25) is 0 Å². The lowest BCUT2D eigenvalue weighted by Gasteiger charge is -2.27. The normalized spacial score (nSPS) is 13.8. The number of unbranched alkanes of at least 4 members (excludes halogenated alkanes) is 2. The molecule has 2 amide bonds. The predicted molar refractivity (Wildman–Crippen MR) is 127 cm³/mol. The number of allylic oxidation sites excluding steroid dienone is 1.